The monoisotopic (exact) mass is 828 g/mol. The number of nitrogens with zero attached hydrogens (tertiary/aromatic N) is 4. The molecule has 0 unspecified atom stereocenters. The molecule has 6 rings (SSSR count). The zero-order valence-electron chi connectivity index (χ0n) is 24.4. The van der Waals surface area contributed by atoms with Crippen molar-refractivity contribution in [1.82, 2.24) is 0 Å². The summed E-state index contributed by atoms with van der Waals surface area (Å²) >= 11 is 4.42. The van der Waals surface area contributed by atoms with E-state index in [9.17, 15) is 0 Å². The Kier molecular flexibility index (Phi) is 13.4. The molecule has 10 nitrogen and oxygen atoms in total. The van der Waals surface area contributed by atoms with Crippen LogP contribution in [0.25, 0.3) is 22.8 Å². The molecular weight excluding hydrogens is 799 g/mol. The summed E-state index contributed by atoms with van der Waals surface area (Å²) in [6.07, 6.45) is 2.78. The Labute approximate surface area is 287 Å². The van der Waals surface area contributed by atoms with Crippen LogP contribution in [0.5, 0.6) is 23.0 Å². The zero-order valence-corrected chi connectivity index (χ0v) is 30.5. The Morgan fingerprint density at radius 3 is 1.76 bits per heavy atom. The molecule has 0 fully saturated rings. The van der Waals surface area contributed by atoms with Crippen molar-refractivity contribution in [2.24, 2.45) is 0 Å². The van der Waals surface area contributed by atoms with Gasteiger partial charge in [0.15, 0.2) is 16.2 Å². The van der Waals surface area contributed by atoms with Crippen LogP contribution >= 0.6 is 38.6 Å². The van der Waals surface area contributed by atoms with E-state index in [0.29, 0.717) is 54.1 Å². The van der Waals surface area contributed by atoms with Crippen molar-refractivity contribution in [3.63, 3.8) is 0 Å². The van der Waals surface area contributed by atoms with E-state index in [1.165, 1.54) is 26.4 Å². The van der Waals surface area contributed by atoms with Gasteiger partial charge in [0.1, 0.15) is 70.8 Å². The third kappa shape index (κ3) is 9.45. The molecule has 2 aliphatic rings. The molecule has 4 aromatic heterocycles. The normalized spacial score (nSPS) is 12.0. The summed E-state index contributed by atoms with van der Waals surface area (Å²) in [6, 6.07) is 13.9. The Bertz CT molecular complexity index is 1850. The fourth-order valence-electron chi connectivity index (χ4n) is 3.84. The number of nitriles is 4. The van der Waals surface area contributed by atoms with Gasteiger partial charge in [0.05, 0.1) is 0 Å². The van der Waals surface area contributed by atoms with Crippen molar-refractivity contribution < 1.29 is 27.8 Å². The second-order valence-electron chi connectivity index (χ2n) is 10.1. The van der Waals surface area contributed by atoms with Crippen molar-refractivity contribution in [2.45, 2.75) is 22.2 Å². The van der Waals surface area contributed by atoms with E-state index < -0.39 is 18.4 Å². The van der Waals surface area contributed by atoms with Crippen LogP contribution in [0.15, 0.2) is 59.7 Å². The molecule has 14 heteroatoms. The zero-order chi connectivity index (χ0) is 32.4. The Hall–Kier alpha value is -4.12. The number of hydrogen-bond acceptors (Lipinski definition) is 12. The molecule has 0 amide bonds. The SMILES string of the molecule is C.N#CC(C#N)=Cc1ccc(-c2scc3c2OCCO3)o1.N#CC(C#N)=Cc1ccc(Br)o1.[CH3][Sn]([CH3])([CH3])[c]1scc2c1OCCO2. The summed E-state index contributed by atoms with van der Waals surface area (Å²) in [4.78, 5) is 8.05. The van der Waals surface area contributed by atoms with Crippen molar-refractivity contribution in [2.75, 3.05) is 26.4 Å². The van der Waals surface area contributed by atoms with E-state index in [-0.39, 0.29) is 18.6 Å². The van der Waals surface area contributed by atoms with E-state index in [2.05, 4.69) is 36.1 Å². The van der Waals surface area contributed by atoms with Crippen LogP contribution in [0.4, 0.5) is 0 Å². The molecule has 46 heavy (non-hydrogen) atoms. The predicted octanol–water partition coefficient (Wildman–Crippen LogP) is 8.38. The molecule has 0 spiro atoms. The van der Waals surface area contributed by atoms with E-state index >= 15 is 0 Å². The fraction of sp³-hybridized carbons (Fsp3) is 0.250. The number of thiophene rings is 2. The van der Waals surface area contributed by atoms with Crippen LogP contribution < -0.4 is 21.8 Å². The van der Waals surface area contributed by atoms with Crippen LogP contribution in [0.3, 0.4) is 0 Å². The molecule has 0 aromatic carbocycles. The second kappa shape index (κ2) is 17.0. The van der Waals surface area contributed by atoms with Crippen molar-refractivity contribution in [3.8, 4) is 57.9 Å². The summed E-state index contributed by atoms with van der Waals surface area (Å²) in [6.45, 7) is 2.46. The topological polar surface area (TPSA) is 158 Å². The van der Waals surface area contributed by atoms with Crippen LogP contribution in [-0.2, 0) is 0 Å². The van der Waals surface area contributed by atoms with Gasteiger partial charge in [-0.15, -0.1) is 11.3 Å². The number of allylic oxidation sites excluding steroid dienone is 2. The third-order valence-corrected chi connectivity index (χ3v) is 17.6. The molecule has 0 bridgehead atoms. The minimum atomic E-state index is -1.96. The average molecular weight is 828 g/mol. The quantitative estimate of drug-likeness (QED) is 0.145. The Morgan fingerprint density at radius 1 is 0.717 bits per heavy atom. The maximum absolute atomic E-state index is 8.72. The first-order chi connectivity index (χ1) is 21.7. The molecule has 0 radical (unpaired) electrons. The fourth-order valence-corrected chi connectivity index (χ4v) is 12.1. The van der Waals surface area contributed by atoms with Crippen LogP contribution in [0, 0.1) is 45.3 Å². The molecule has 0 saturated carbocycles. The second-order valence-corrected chi connectivity index (χ2v) is 27.9. The number of ether oxygens (including phenoxy) is 4. The molecule has 236 valence electrons. The Morgan fingerprint density at radius 2 is 1.22 bits per heavy atom. The van der Waals surface area contributed by atoms with E-state index in [1.54, 1.807) is 48.5 Å². The third-order valence-electron chi connectivity index (χ3n) is 5.78. The van der Waals surface area contributed by atoms with Crippen molar-refractivity contribution in [1.29, 1.82) is 21.0 Å². The number of fused-ring (bicyclic) bond motifs is 2. The van der Waals surface area contributed by atoms with E-state index in [0.717, 1.165) is 22.1 Å². The van der Waals surface area contributed by atoms with Crippen LogP contribution in [0.2, 0.25) is 14.8 Å². The van der Waals surface area contributed by atoms with E-state index in [1.807, 2.05) is 16.7 Å². The van der Waals surface area contributed by atoms with Crippen molar-refractivity contribution in [3.05, 3.63) is 62.4 Å². The summed E-state index contributed by atoms with van der Waals surface area (Å²) in [5, 5.41) is 38.2. The molecule has 2 aliphatic heterocycles. The maximum atomic E-state index is 8.72. The first-order valence-electron chi connectivity index (χ1n) is 13.3. The summed E-state index contributed by atoms with van der Waals surface area (Å²) < 4.78 is 35.0. The van der Waals surface area contributed by atoms with Gasteiger partial charge in [-0.2, -0.15) is 21.0 Å². The average Bonchev–Trinajstić information content (AvgIpc) is 3.85. The first-order valence-corrected chi connectivity index (χ1v) is 25.8. The van der Waals surface area contributed by atoms with E-state index in [4.69, 9.17) is 48.8 Å². The summed E-state index contributed by atoms with van der Waals surface area (Å²) in [5.41, 5.74) is 0.0236. The minimum absolute atomic E-state index is 0. The van der Waals surface area contributed by atoms with Gasteiger partial charge in [0.25, 0.3) is 0 Å². The number of furan rings is 2. The number of halogens is 1. The summed E-state index contributed by atoms with van der Waals surface area (Å²) in [7, 11) is 0. The van der Waals surface area contributed by atoms with Gasteiger partial charge in [0.2, 0.25) is 0 Å². The molecule has 0 atom stereocenters. The van der Waals surface area contributed by atoms with Gasteiger partial charge in [-0.1, -0.05) is 7.43 Å². The number of rotatable bonds is 4. The molecule has 0 aliphatic carbocycles. The molecule has 0 N–H and O–H groups in total. The van der Waals surface area contributed by atoms with Gasteiger partial charge < -0.3 is 18.3 Å². The molecule has 0 saturated heterocycles. The van der Waals surface area contributed by atoms with Gasteiger partial charge >= 0.3 is 87.0 Å². The Balaban J connectivity index is 0.000000195. The van der Waals surface area contributed by atoms with Gasteiger partial charge in [-0.05, 0) is 40.2 Å². The van der Waals surface area contributed by atoms with Gasteiger partial charge in [0, 0.05) is 17.5 Å². The predicted molar refractivity (Wildman–Crippen MR) is 183 cm³/mol. The first kappa shape index (κ1) is 36.3. The van der Waals surface area contributed by atoms with Gasteiger partial charge in [-0.25, -0.2) is 0 Å². The van der Waals surface area contributed by atoms with Crippen molar-refractivity contribution >= 4 is 72.0 Å². The molecule has 6 heterocycles. The van der Waals surface area contributed by atoms with Gasteiger partial charge in [-0.3, -0.25) is 0 Å². The van der Waals surface area contributed by atoms with Crippen LogP contribution in [0.1, 0.15) is 18.9 Å². The van der Waals surface area contributed by atoms with Crippen LogP contribution in [-0.4, -0.2) is 44.8 Å². The standard InChI is InChI=1S/C14H8N2O3S.C8H3BrN2O.C6H5O2S.CH4.3CH3.Sn/c15-6-9(7-16)5-10-1-2-11(19-10)14-13-12(8-20-14)17-3-4-18-13;9-8-2-1-7(12-8)3-6(4-10)5-11;1-2-8-6-4-9-3-5(6)7-1;;;;;/h1-2,5,8H,3-4H2;1-3H;3H,1-2H2;1H4;3*1H3;. The molecular formula is C32H29BrN4O6S2Sn. The molecule has 4 aromatic rings. The summed E-state index contributed by atoms with van der Waals surface area (Å²) in [5.74, 6) is 5.00. The number of hydrogen-bond donors (Lipinski definition) is 0.